The van der Waals surface area contributed by atoms with Gasteiger partial charge in [-0.3, -0.25) is 4.98 Å². The molecule has 2 heteroatoms. The number of pyridine rings is 1. The number of nitrogens with two attached hydrogens (primary N) is 1. The van der Waals surface area contributed by atoms with Crippen molar-refractivity contribution in [2.45, 2.75) is 26.3 Å². The van der Waals surface area contributed by atoms with Gasteiger partial charge in [0.1, 0.15) is 0 Å². The van der Waals surface area contributed by atoms with Crippen LogP contribution >= 0.6 is 0 Å². The van der Waals surface area contributed by atoms with E-state index in [0.717, 1.165) is 12.1 Å². The van der Waals surface area contributed by atoms with E-state index in [2.05, 4.69) is 11.9 Å². The van der Waals surface area contributed by atoms with Gasteiger partial charge in [-0.05, 0) is 25.0 Å². The molecule has 60 valence electrons. The van der Waals surface area contributed by atoms with Crippen molar-refractivity contribution in [3.63, 3.8) is 0 Å². The Bertz CT molecular complexity index is 233. The van der Waals surface area contributed by atoms with Gasteiger partial charge >= 0.3 is 0 Å². The minimum atomic E-state index is 0.0937. The van der Waals surface area contributed by atoms with Crippen molar-refractivity contribution in [2.75, 3.05) is 0 Å². The molecule has 0 aliphatic rings. The van der Waals surface area contributed by atoms with E-state index in [1.54, 1.807) is 6.20 Å². The highest BCUT2D eigenvalue weighted by Gasteiger charge is 2.05. The number of aryl methyl sites for hydroxylation is 1. The molecule has 2 N–H and O–H groups in total. The van der Waals surface area contributed by atoms with Crippen LogP contribution in [0.3, 0.4) is 0 Å². The van der Waals surface area contributed by atoms with Crippen LogP contribution in [0.4, 0.5) is 0 Å². The molecule has 0 saturated carbocycles. The van der Waals surface area contributed by atoms with Crippen LogP contribution in [0, 0.1) is 6.92 Å². The first-order chi connectivity index (χ1) is 5.25. The van der Waals surface area contributed by atoms with Crippen LogP contribution in [0.2, 0.25) is 0 Å². The minimum Gasteiger partial charge on any atom is -0.323 e. The van der Waals surface area contributed by atoms with Crippen LogP contribution in [-0.4, -0.2) is 4.98 Å². The Morgan fingerprint density at radius 3 is 2.91 bits per heavy atom. The first-order valence-corrected chi connectivity index (χ1v) is 3.92. The van der Waals surface area contributed by atoms with Gasteiger partial charge in [0.25, 0.3) is 0 Å². The normalized spacial score (nSPS) is 13.0. The SMILES string of the molecule is CC[C@@H](N)c1ncccc1C. The standard InChI is InChI=1S/C9H14N2/c1-3-8(10)9-7(2)5-4-6-11-9/h4-6,8H,3,10H2,1-2H3/t8-/m1/s1. The number of hydrogen-bond donors (Lipinski definition) is 1. The molecular formula is C9H14N2. The second-order valence-corrected chi connectivity index (χ2v) is 2.72. The van der Waals surface area contributed by atoms with E-state index < -0.39 is 0 Å². The van der Waals surface area contributed by atoms with Crippen molar-refractivity contribution < 1.29 is 0 Å². The molecule has 2 nitrogen and oxygen atoms in total. The maximum atomic E-state index is 5.83. The van der Waals surface area contributed by atoms with E-state index in [0.29, 0.717) is 0 Å². The van der Waals surface area contributed by atoms with Gasteiger partial charge in [-0.2, -0.15) is 0 Å². The molecule has 0 spiro atoms. The lowest BCUT2D eigenvalue weighted by Crippen LogP contribution is -2.11. The van der Waals surface area contributed by atoms with E-state index in [4.69, 9.17) is 5.73 Å². The summed E-state index contributed by atoms with van der Waals surface area (Å²) in [5.41, 5.74) is 8.04. The second-order valence-electron chi connectivity index (χ2n) is 2.72. The molecule has 1 aromatic rings. The predicted octanol–water partition coefficient (Wildman–Crippen LogP) is 1.80. The Hall–Kier alpha value is -0.890. The Labute approximate surface area is 67.5 Å². The van der Waals surface area contributed by atoms with Crippen molar-refractivity contribution in [1.29, 1.82) is 0 Å². The molecular weight excluding hydrogens is 136 g/mol. The zero-order valence-electron chi connectivity index (χ0n) is 7.04. The third-order valence-electron chi connectivity index (χ3n) is 1.84. The van der Waals surface area contributed by atoms with Gasteiger partial charge in [0.2, 0.25) is 0 Å². The van der Waals surface area contributed by atoms with Gasteiger partial charge < -0.3 is 5.73 Å². The molecule has 1 heterocycles. The van der Waals surface area contributed by atoms with E-state index in [9.17, 15) is 0 Å². The van der Waals surface area contributed by atoms with Crippen LogP contribution in [0.1, 0.15) is 30.6 Å². The summed E-state index contributed by atoms with van der Waals surface area (Å²) in [6.45, 7) is 4.11. The number of hydrogen-bond acceptors (Lipinski definition) is 2. The molecule has 1 atom stereocenters. The zero-order chi connectivity index (χ0) is 8.27. The number of rotatable bonds is 2. The molecule has 0 bridgehead atoms. The largest absolute Gasteiger partial charge is 0.323 e. The van der Waals surface area contributed by atoms with Gasteiger partial charge in [-0.15, -0.1) is 0 Å². The molecule has 1 aromatic heterocycles. The summed E-state index contributed by atoms with van der Waals surface area (Å²) in [7, 11) is 0. The van der Waals surface area contributed by atoms with Crippen molar-refractivity contribution >= 4 is 0 Å². The summed E-state index contributed by atoms with van der Waals surface area (Å²) in [6, 6.07) is 4.06. The fourth-order valence-corrected chi connectivity index (χ4v) is 1.08. The van der Waals surface area contributed by atoms with Gasteiger partial charge in [0.15, 0.2) is 0 Å². The molecule has 0 amide bonds. The van der Waals surface area contributed by atoms with Crippen molar-refractivity contribution in [3.8, 4) is 0 Å². The Morgan fingerprint density at radius 1 is 1.64 bits per heavy atom. The highest BCUT2D eigenvalue weighted by Crippen LogP contribution is 2.13. The molecule has 0 fully saturated rings. The molecule has 0 unspecified atom stereocenters. The van der Waals surface area contributed by atoms with Crippen molar-refractivity contribution in [3.05, 3.63) is 29.6 Å². The maximum Gasteiger partial charge on any atom is 0.0599 e. The topological polar surface area (TPSA) is 38.9 Å². The Balaban J connectivity index is 2.93. The first kappa shape index (κ1) is 8.21. The Kier molecular flexibility index (Phi) is 2.60. The predicted molar refractivity (Wildman–Crippen MR) is 46.2 cm³/mol. The van der Waals surface area contributed by atoms with Crippen LogP contribution in [0.5, 0.6) is 0 Å². The van der Waals surface area contributed by atoms with E-state index in [-0.39, 0.29) is 6.04 Å². The quantitative estimate of drug-likeness (QED) is 0.698. The molecule has 0 aliphatic heterocycles. The summed E-state index contributed by atoms with van der Waals surface area (Å²) >= 11 is 0. The summed E-state index contributed by atoms with van der Waals surface area (Å²) in [5, 5.41) is 0. The van der Waals surface area contributed by atoms with Crippen molar-refractivity contribution in [1.82, 2.24) is 4.98 Å². The molecule has 1 rings (SSSR count). The summed E-state index contributed by atoms with van der Waals surface area (Å²) in [4.78, 5) is 4.22. The van der Waals surface area contributed by atoms with Crippen LogP contribution in [-0.2, 0) is 0 Å². The molecule has 11 heavy (non-hydrogen) atoms. The zero-order valence-corrected chi connectivity index (χ0v) is 7.04. The second kappa shape index (κ2) is 3.49. The van der Waals surface area contributed by atoms with E-state index in [1.165, 1.54) is 5.56 Å². The third-order valence-corrected chi connectivity index (χ3v) is 1.84. The molecule has 0 saturated heterocycles. The fraction of sp³-hybridized carbons (Fsp3) is 0.444. The first-order valence-electron chi connectivity index (χ1n) is 3.92. The lowest BCUT2D eigenvalue weighted by Gasteiger charge is -2.09. The highest BCUT2D eigenvalue weighted by atomic mass is 14.8. The Morgan fingerprint density at radius 2 is 2.36 bits per heavy atom. The lowest BCUT2D eigenvalue weighted by atomic mass is 10.1. The minimum absolute atomic E-state index is 0.0937. The summed E-state index contributed by atoms with van der Waals surface area (Å²) in [6.07, 6.45) is 2.73. The monoisotopic (exact) mass is 150 g/mol. The summed E-state index contributed by atoms with van der Waals surface area (Å²) in [5.74, 6) is 0. The van der Waals surface area contributed by atoms with Crippen molar-refractivity contribution in [2.24, 2.45) is 5.73 Å². The molecule has 0 aliphatic carbocycles. The third kappa shape index (κ3) is 1.77. The molecule has 0 aromatic carbocycles. The maximum absolute atomic E-state index is 5.83. The smallest absolute Gasteiger partial charge is 0.0599 e. The number of aromatic nitrogens is 1. The van der Waals surface area contributed by atoms with E-state index in [1.807, 2.05) is 19.1 Å². The highest BCUT2D eigenvalue weighted by molar-refractivity contribution is 5.20. The average molecular weight is 150 g/mol. The summed E-state index contributed by atoms with van der Waals surface area (Å²) < 4.78 is 0. The van der Waals surface area contributed by atoms with Crippen LogP contribution in [0.25, 0.3) is 0 Å². The number of nitrogens with zero attached hydrogens (tertiary/aromatic N) is 1. The van der Waals surface area contributed by atoms with Gasteiger partial charge in [0.05, 0.1) is 5.69 Å². The van der Waals surface area contributed by atoms with Crippen LogP contribution < -0.4 is 5.73 Å². The van der Waals surface area contributed by atoms with Crippen LogP contribution in [0.15, 0.2) is 18.3 Å². The van der Waals surface area contributed by atoms with Gasteiger partial charge in [-0.25, -0.2) is 0 Å². The fourth-order valence-electron chi connectivity index (χ4n) is 1.08. The lowest BCUT2D eigenvalue weighted by molar-refractivity contribution is 0.670. The van der Waals surface area contributed by atoms with Gasteiger partial charge in [-0.1, -0.05) is 13.0 Å². The van der Waals surface area contributed by atoms with Gasteiger partial charge in [0, 0.05) is 12.2 Å². The molecule has 0 radical (unpaired) electrons. The average Bonchev–Trinajstić information content (AvgIpc) is 2.04. The van der Waals surface area contributed by atoms with E-state index >= 15 is 0 Å².